The lowest BCUT2D eigenvalue weighted by molar-refractivity contribution is -0.142. The fourth-order valence-corrected chi connectivity index (χ4v) is 2.86. The molecule has 0 aliphatic heterocycles. The minimum absolute atomic E-state index is 0.0398. The van der Waals surface area contributed by atoms with Gasteiger partial charge in [-0.05, 0) is 25.3 Å². The van der Waals surface area contributed by atoms with E-state index in [2.05, 4.69) is 20.9 Å². The van der Waals surface area contributed by atoms with Crippen LogP contribution < -0.4 is 33.2 Å². The first-order chi connectivity index (χ1) is 16.0. The van der Waals surface area contributed by atoms with E-state index in [-0.39, 0.29) is 25.3 Å². The molecule has 0 spiro atoms. The lowest BCUT2D eigenvalue weighted by Gasteiger charge is -2.24. The number of carboxylic acid groups (broad SMARTS) is 1. The Labute approximate surface area is 197 Å². The summed E-state index contributed by atoms with van der Waals surface area (Å²) in [7, 11) is 0. The molecule has 4 unspecified atom stereocenters. The highest BCUT2D eigenvalue weighted by molar-refractivity contribution is 5.94. The van der Waals surface area contributed by atoms with Crippen molar-refractivity contribution in [2.45, 2.75) is 50.4 Å². The van der Waals surface area contributed by atoms with Crippen LogP contribution in [0.3, 0.4) is 0 Å². The van der Waals surface area contributed by atoms with Gasteiger partial charge >= 0.3 is 5.97 Å². The first-order valence-electron chi connectivity index (χ1n) is 10.6. The van der Waals surface area contributed by atoms with E-state index >= 15 is 0 Å². The number of carbonyl (C=O) groups is 4. The molecule has 34 heavy (non-hydrogen) atoms. The average Bonchev–Trinajstić information content (AvgIpc) is 2.78. The average molecular weight is 480 g/mol. The second-order valence-electron chi connectivity index (χ2n) is 7.63. The Kier molecular flexibility index (Phi) is 12.0. The highest BCUT2D eigenvalue weighted by Gasteiger charge is 2.29. The van der Waals surface area contributed by atoms with Crippen LogP contribution in [0.15, 0.2) is 35.3 Å². The Morgan fingerprint density at radius 2 is 1.50 bits per heavy atom. The molecule has 4 atom stereocenters. The molecule has 13 nitrogen and oxygen atoms in total. The van der Waals surface area contributed by atoms with Gasteiger partial charge in [-0.2, -0.15) is 0 Å². The number of nitrogens with zero attached hydrogens (tertiary/aromatic N) is 1. The monoisotopic (exact) mass is 479 g/mol. The summed E-state index contributed by atoms with van der Waals surface area (Å²) in [5.41, 5.74) is 16.7. The second kappa shape index (κ2) is 14.4. The quantitative estimate of drug-likeness (QED) is 0.0778. The Morgan fingerprint density at radius 1 is 0.941 bits per heavy atom. The zero-order valence-corrected chi connectivity index (χ0v) is 18.9. The van der Waals surface area contributed by atoms with Crippen LogP contribution in [0.2, 0.25) is 0 Å². The summed E-state index contributed by atoms with van der Waals surface area (Å²) in [6.07, 6.45) is 0.381. The number of aliphatic hydroxyl groups is 1. The number of nitrogens with one attached hydrogen (secondary N) is 3. The molecule has 11 N–H and O–H groups in total. The van der Waals surface area contributed by atoms with Gasteiger partial charge in [0.05, 0.1) is 12.6 Å². The van der Waals surface area contributed by atoms with E-state index in [1.54, 1.807) is 30.3 Å². The molecule has 0 aliphatic rings. The zero-order valence-electron chi connectivity index (χ0n) is 18.9. The van der Waals surface area contributed by atoms with Gasteiger partial charge in [-0.15, -0.1) is 0 Å². The number of aliphatic imine (C=N–C) groups is 1. The molecule has 0 fully saturated rings. The highest BCUT2D eigenvalue weighted by Crippen LogP contribution is 2.06. The number of rotatable bonds is 14. The molecule has 1 aromatic carbocycles. The summed E-state index contributed by atoms with van der Waals surface area (Å²) < 4.78 is 0. The van der Waals surface area contributed by atoms with Gasteiger partial charge in [0, 0.05) is 13.0 Å². The first-order valence-corrected chi connectivity index (χ1v) is 10.6. The van der Waals surface area contributed by atoms with Crippen molar-refractivity contribution in [3.05, 3.63) is 35.9 Å². The van der Waals surface area contributed by atoms with E-state index in [4.69, 9.17) is 17.2 Å². The molecule has 13 heteroatoms. The minimum Gasteiger partial charge on any atom is -0.480 e. The predicted octanol–water partition coefficient (Wildman–Crippen LogP) is -2.84. The smallest absolute Gasteiger partial charge is 0.326 e. The Hall–Kier alpha value is -3.71. The second-order valence-corrected chi connectivity index (χ2v) is 7.63. The van der Waals surface area contributed by atoms with Gasteiger partial charge in [0.2, 0.25) is 17.7 Å². The summed E-state index contributed by atoms with van der Waals surface area (Å²) in [6.45, 7) is 0.864. The summed E-state index contributed by atoms with van der Waals surface area (Å²) in [5.74, 6) is -3.63. The maximum atomic E-state index is 13.0. The maximum Gasteiger partial charge on any atom is 0.326 e. The molecule has 0 radical (unpaired) electrons. The van der Waals surface area contributed by atoms with Crippen LogP contribution in [-0.4, -0.2) is 77.2 Å². The predicted molar refractivity (Wildman–Crippen MR) is 124 cm³/mol. The topological polar surface area (TPSA) is 235 Å². The molecule has 0 heterocycles. The van der Waals surface area contributed by atoms with Gasteiger partial charge in [-0.25, -0.2) is 4.79 Å². The molecule has 188 valence electrons. The molecule has 0 saturated carbocycles. The summed E-state index contributed by atoms with van der Waals surface area (Å²) in [4.78, 5) is 52.8. The summed E-state index contributed by atoms with van der Waals surface area (Å²) in [5, 5.41) is 26.2. The van der Waals surface area contributed by atoms with E-state index in [9.17, 15) is 29.4 Å². The van der Waals surface area contributed by atoms with Gasteiger partial charge in [0.25, 0.3) is 0 Å². The van der Waals surface area contributed by atoms with Crippen molar-refractivity contribution >= 4 is 29.7 Å². The van der Waals surface area contributed by atoms with E-state index < -0.39 is 54.5 Å². The lowest BCUT2D eigenvalue weighted by Crippen LogP contribution is -2.58. The number of carboxylic acids is 1. The molecule has 3 amide bonds. The van der Waals surface area contributed by atoms with E-state index in [0.29, 0.717) is 12.0 Å². The van der Waals surface area contributed by atoms with Crippen LogP contribution in [-0.2, 0) is 25.6 Å². The molecule has 0 aliphatic carbocycles. The van der Waals surface area contributed by atoms with Gasteiger partial charge < -0.3 is 43.4 Å². The number of aliphatic hydroxyl groups excluding tert-OH is 1. The fraction of sp³-hybridized carbons (Fsp3) is 0.476. The number of hydrogen-bond acceptors (Lipinski definition) is 7. The third kappa shape index (κ3) is 10.3. The number of amides is 3. The van der Waals surface area contributed by atoms with Gasteiger partial charge in [-0.3, -0.25) is 19.4 Å². The van der Waals surface area contributed by atoms with Crippen LogP contribution >= 0.6 is 0 Å². The molecule has 1 aromatic rings. The number of hydrogen-bond donors (Lipinski definition) is 8. The summed E-state index contributed by atoms with van der Waals surface area (Å²) >= 11 is 0. The third-order valence-electron chi connectivity index (χ3n) is 4.70. The van der Waals surface area contributed by atoms with E-state index in [1.165, 1.54) is 6.92 Å². The van der Waals surface area contributed by atoms with Crippen molar-refractivity contribution in [1.29, 1.82) is 0 Å². The molecular formula is C21H33N7O6. The molecule has 0 aromatic heterocycles. The number of benzene rings is 1. The number of aliphatic carboxylic acids is 1. The van der Waals surface area contributed by atoms with Gasteiger partial charge in [0.1, 0.15) is 18.1 Å². The van der Waals surface area contributed by atoms with Crippen LogP contribution in [0, 0.1) is 0 Å². The van der Waals surface area contributed by atoms with Gasteiger partial charge in [-0.1, -0.05) is 30.3 Å². The van der Waals surface area contributed by atoms with Crippen LogP contribution in [0.5, 0.6) is 0 Å². The Balaban J connectivity index is 2.97. The molecular weight excluding hydrogens is 446 g/mol. The number of guanidine groups is 1. The first kappa shape index (κ1) is 28.3. The molecule has 0 bridgehead atoms. The number of nitrogens with two attached hydrogens (primary N) is 3. The van der Waals surface area contributed by atoms with Crippen molar-refractivity contribution < 1.29 is 29.4 Å². The SMILES string of the molecule is CC(N)C(=O)NC(CO)C(=O)NC(Cc1ccccc1)C(=O)NC(CCCN=C(N)N)C(=O)O. The lowest BCUT2D eigenvalue weighted by atomic mass is 10.0. The fourth-order valence-electron chi connectivity index (χ4n) is 2.86. The largest absolute Gasteiger partial charge is 0.480 e. The van der Waals surface area contributed by atoms with Crippen LogP contribution in [0.1, 0.15) is 25.3 Å². The standard InChI is InChI=1S/C21H33N7O6/c1-12(22)17(30)28-16(11-29)19(32)27-15(10-13-6-3-2-4-7-13)18(31)26-14(20(33)34)8-5-9-25-21(23)24/h2-4,6-7,12,14-16,29H,5,8-11,22H2,1H3,(H,26,31)(H,27,32)(H,28,30)(H,33,34)(H4,23,24,25). The minimum atomic E-state index is -1.35. The van der Waals surface area contributed by atoms with Crippen molar-refractivity contribution in [1.82, 2.24) is 16.0 Å². The normalized spacial score (nSPS) is 14.1. The van der Waals surface area contributed by atoms with Crippen molar-refractivity contribution in [3.8, 4) is 0 Å². The highest BCUT2D eigenvalue weighted by atomic mass is 16.4. The third-order valence-corrected chi connectivity index (χ3v) is 4.70. The van der Waals surface area contributed by atoms with E-state index in [0.717, 1.165) is 0 Å². The van der Waals surface area contributed by atoms with Crippen molar-refractivity contribution in [3.63, 3.8) is 0 Å². The van der Waals surface area contributed by atoms with Crippen LogP contribution in [0.4, 0.5) is 0 Å². The van der Waals surface area contributed by atoms with Crippen LogP contribution in [0.25, 0.3) is 0 Å². The number of carbonyl (C=O) groups excluding carboxylic acids is 3. The Morgan fingerprint density at radius 3 is 2.03 bits per heavy atom. The molecule has 1 rings (SSSR count). The maximum absolute atomic E-state index is 13.0. The summed E-state index contributed by atoms with van der Waals surface area (Å²) in [6, 6.07) is 4.04. The van der Waals surface area contributed by atoms with Gasteiger partial charge in [0.15, 0.2) is 5.96 Å². The van der Waals surface area contributed by atoms with E-state index in [1.807, 2.05) is 0 Å². The van der Waals surface area contributed by atoms with Crippen molar-refractivity contribution in [2.24, 2.45) is 22.2 Å². The van der Waals surface area contributed by atoms with Crippen molar-refractivity contribution in [2.75, 3.05) is 13.2 Å². The molecule has 0 saturated heterocycles. The zero-order chi connectivity index (χ0) is 25.7. The Bertz CT molecular complexity index is 858.